The van der Waals surface area contributed by atoms with Gasteiger partial charge in [0.2, 0.25) is 5.91 Å². The molecule has 0 aliphatic carbocycles. The summed E-state index contributed by atoms with van der Waals surface area (Å²) in [5.74, 6) is 0.414. The molecule has 1 aromatic rings. The lowest BCUT2D eigenvalue weighted by atomic mass is 9.71. The van der Waals surface area contributed by atoms with Gasteiger partial charge in [0.25, 0.3) is 0 Å². The number of anilines is 1. The number of alkyl halides is 3. The number of amides is 1. The summed E-state index contributed by atoms with van der Waals surface area (Å²) in [6, 6.07) is 5.56. The SMILES string of the molecule is COCC1CN(C(=O)C2CCOCC2)CC12CCN(c1ccc(C#N)c(C(F)(F)F)c1)CC2. The van der Waals surface area contributed by atoms with Crippen molar-refractivity contribution in [1.29, 1.82) is 5.26 Å². The van der Waals surface area contributed by atoms with Crippen molar-refractivity contribution in [2.24, 2.45) is 17.3 Å². The van der Waals surface area contributed by atoms with Crippen LogP contribution in [0.25, 0.3) is 0 Å². The summed E-state index contributed by atoms with van der Waals surface area (Å²) in [6.45, 7) is 4.34. The lowest BCUT2D eigenvalue weighted by Crippen LogP contribution is -2.46. The Balaban J connectivity index is 1.48. The van der Waals surface area contributed by atoms with E-state index in [4.69, 9.17) is 14.7 Å². The van der Waals surface area contributed by atoms with Crippen molar-refractivity contribution in [2.45, 2.75) is 31.9 Å². The van der Waals surface area contributed by atoms with Gasteiger partial charge in [-0.25, -0.2) is 0 Å². The van der Waals surface area contributed by atoms with Crippen molar-refractivity contribution >= 4 is 11.6 Å². The van der Waals surface area contributed by atoms with Crippen molar-refractivity contribution in [1.82, 2.24) is 4.90 Å². The summed E-state index contributed by atoms with van der Waals surface area (Å²) >= 11 is 0. The average Bonchev–Trinajstić information content (AvgIpc) is 3.16. The molecule has 3 aliphatic heterocycles. The van der Waals surface area contributed by atoms with Crippen LogP contribution in [0.3, 0.4) is 0 Å². The molecule has 4 rings (SSSR count). The van der Waals surface area contributed by atoms with E-state index in [9.17, 15) is 18.0 Å². The van der Waals surface area contributed by atoms with Crippen molar-refractivity contribution in [3.8, 4) is 6.07 Å². The minimum absolute atomic E-state index is 0.0108. The van der Waals surface area contributed by atoms with E-state index in [1.165, 1.54) is 6.07 Å². The van der Waals surface area contributed by atoms with Crippen LogP contribution in [0, 0.1) is 28.6 Å². The monoisotopic (exact) mass is 465 g/mol. The highest BCUT2D eigenvalue weighted by Gasteiger charge is 2.50. The van der Waals surface area contributed by atoms with Crippen molar-refractivity contribution in [3.05, 3.63) is 29.3 Å². The van der Waals surface area contributed by atoms with Gasteiger partial charge in [-0.3, -0.25) is 4.79 Å². The third-order valence-electron chi connectivity index (χ3n) is 7.62. The van der Waals surface area contributed by atoms with E-state index >= 15 is 0 Å². The number of ether oxygens (including phenoxy) is 2. The number of rotatable bonds is 4. The number of carbonyl (C=O) groups excluding carboxylic acids is 1. The normalized spacial score (nSPS) is 23.7. The molecule has 1 spiro atoms. The summed E-state index contributed by atoms with van der Waals surface area (Å²) in [5, 5.41) is 9.05. The van der Waals surface area contributed by atoms with Crippen molar-refractivity contribution < 1.29 is 27.4 Å². The second-order valence-corrected chi connectivity index (χ2v) is 9.45. The molecule has 0 aromatic heterocycles. The Labute approximate surface area is 192 Å². The Bertz CT molecular complexity index is 900. The number of carbonyl (C=O) groups is 1. The molecule has 1 atom stereocenters. The standard InChI is InChI=1S/C24H30F3N3O3/c1-32-15-19-14-30(22(31)17-4-10-33-11-5-17)16-23(19)6-8-29(9-7-23)20-3-2-18(13-28)21(12-20)24(25,26)27/h2-3,12,17,19H,4-11,14-16H2,1H3. The van der Waals surface area contributed by atoms with Gasteiger partial charge in [0, 0.05) is 64.0 Å². The topological polar surface area (TPSA) is 65.8 Å². The highest BCUT2D eigenvalue weighted by Crippen LogP contribution is 2.46. The molecule has 0 radical (unpaired) electrons. The molecule has 6 nitrogen and oxygen atoms in total. The van der Waals surface area contributed by atoms with Gasteiger partial charge in [-0.05, 0) is 49.3 Å². The lowest BCUT2D eigenvalue weighted by Gasteiger charge is -2.43. The fourth-order valence-electron chi connectivity index (χ4n) is 5.67. The third-order valence-corrected chi connectivity index (χ3v) is 7.62. The van der Waals surface area contributed by atoms with Gasteiger partial charge in [-0.15, -0.1) is 0 Å². The van der Waals surface area contributed by atoms with Gasteiger partial charge in [0.05, 0.1) is 23.8 Å². The molecular formula is C24H30F3N3O3. The van der Waals surface area contributed by atoms with Gasteiger partial charge in [0.15, 0.2) is 0 Å². The zero-order valence-corrected chi connectivity index (χ0v) is 18.9. The molecule has 3 fully saturated rings. The second-order valence-electron chi connectivity index (χ2n) is 9.45. The first-order chi connectivity index (χ1) is 15.8. The van der Waals surface area contributed by atoms with Gasteiger partial charge >= 0.3 is 6.18 Å². The minimum Gasteiger partial charge on any atom is -0.384 e. The summed E-state index contributed by atoms with van der Waals surface area (Å²) in [4.78, 5) is 17.1. The highest BCUT2D eigenvalue weighted by molar-refractivity contribution is 5.79. The van der Waals surface area contributed by atoms with E-state index in [-0.39, 0.29) is 28.7 Å². The maximum Gasteiger partial charge on any atom is 0.417 e. The van der Waals surface area contributed by atoms with Gasteiger partial charge in [-0.2, -0.15) is 18.4 Å². The molecule has 0 bridgehead atoms. The van der Waals surface area contributed by atoms with Crippen LogP contribution in [0.1, 0.15) is 36.8 Å². The number of likely N-dealkylation sites (tertiary alicyclic amines) is 1. The van der Waals surface area contributed by atoms with Crippen LogP contribution in [-0.2, 0) is 20.4 Å². The molecule has 0 N–H and O–H groups in total. The molecule has 3 aliphatic rings. The van der Waals surface area contributed by atoms with Crippen molar-refractivity contribution in [2.75, 3.05) is 58.0 Å². The Morgan fingerprint density at radius 2 is 1.97 bits per heavy atom. The number of hydrogen-bond acceptors (Lipinski definition) is 5. The Morgan fingerprint density at radius 3 is 2.58 bits per heavy atom. The fraction of sp³-hybridized carbons (Fsp3) is 0.667. The van der Waals surface area contributed by atoms with Crippen LogP contribution in [-0.4, -0.2) is 63.9 Å². The van der Waals surface area contributed by atoms with Crippen LogP contribution in [0.5, 0.6) is 0 Å². The largest absolute Gasteiger partial charge is 0.417 e. The van der Waals surface area contributed by atoms with Gasteiger partial charge in [0.1, 0.15) is 0 Å². The van der Waals surface area contributed by atoms with E-state index in [1.54, 1.807) is 19.2 Å². The Kier molecular flexibility index (Phi) is 6.87. The van der Waals surface area contributed by atoms with Gasteiger partial charge in [-0.1, -0.05) is 0 Å². The van der Waals surface area contributed by atoms with E-state index in [0.29, 0.717) is 51.7 Å². The van der Waals surface area contributed by atoms with E-state index in [1.807, 2.05) is 9.80 Å². The Morgan fingerprint density at radius 1 is 1.27 bits per heavy atom. The molecule has 0 saturated carbocycles. The van der Waals surface area contributed by atoms with Crippen molar-refractivity contribution in [3.63, 3.8) is 0 Å². The van der Waals surface area contributed by atoms with Gasteiger partial charge < -0.3 is 19.3 Å². The summed E-state index contributed by atoms with van der Waals surface area (Å²) in [7, 11) is 1.67. The Hall–Kier alpha value is -2.31. The van der Waals surface area contributed by atoms with Crippen LogP contribution in [0.15, 0.2) is 18.2 Å². The zero-order valence-electron chi connectivity index (χ0n) is 18.9. The molecule has 1 unspecified atom stereocenters. The first-order valence-corrected chi connectivity index (χ1v) is 11.5. The third kappa shape index (κ3) is 4.82. The lowest BCUT2D eigenvalue weighted by molar-refractivity contribution is -0.138. The number of halogens is 3. The van der Waals surface area contributed by atoms with Crippen LogP contribution in [0.2, 0.25) is 0 Å². The fourth-order valence-corrected chi connectivity index (χ4v) is 5.67. The summed E-state index contributed by atoms with van der Waals surface area (Å²) < 4.78 is 51.1. The number of nitriles is 1. The van der Waals surface area contributed by atoms with E-state index < -0.39 is 11.7 Å². The van der Waals surface area contributed by atoms with E-state index in [0.717, 1.165) is 31.7 Å². The van der Waals surface area contributed by atoms with Crippen LogP contribution < -0.4 is 4.90 Å². The second kappa shape index (κ2) is 9.51. The quantitative estimate of drug-likeness (QED) is 0.679. The molecule has 3 saturated heterocycles. The molecule has 1 amide bonds. The first-order valence-electron chi connectivity index (χ1n) is 11.5. The average molecular weight is 466 g/mol. The molecule has 9 heteroatoms. The number of methoxy groups -OCH3 is 1. The maximum atomic E-state index is 13.4. The summed E-state index contributed by atoms with van der Waals surface area (Å²) in [5.41, 5.74) is -0.869. The van der Waals surface area contributed by atoms with Crippen LogP contribution >= 0.6 is 0 Å². The number of piperidine rings is 1. The molecule has 1 aromatic carbocycles. The predicted molar refractivity (Wildman–Crippen MR) is 116 cm³/mol. The molecule has 180 valence electrons. The molecular weight excluding hydrogens is 435 g/mol. The maximum absolute atomic E-state index is 13.4. The molecule has 33 heavy (non-hydrogen) atoms. The van der Waals surface area contributed by atoms with E-state index in [2.05, 4.69) is 0 Å². The first kappa shape index (κ1) is 23.8. The minimum atomic E-state index is -4.57. The highest BCUT2D eigenvalue weighted by atomic mass is 19.4. The van der Waals surface area contributed by atoms with Crippen LogP contribution in [0.4, 0.5) is 18.9 Å². The number of benzene rings is 1. The number of hydrogen-bond donors (Lipinski definition) is 0. The molecule has 3 heterocycles. The number of nitrogens with zero attached hydrogens (tertiary/aromatic N) is 3. The predicted octanol–water partition coefficient (Wildman–Crippen LogP) is 3.70. The summed E-state index contributed by atoms with van der Waals surface area (Å²) in [6.07, 6.45) is -1.51. The smallest absolute Gasteiger partial charge is 0.384 e. The zero-order chi connectivity index (χ0) is 23.6.